The molecule has 0 bridgehead atoms. The zero-order valence-electron chi connectivity index (χ0n) is 19.2. The summed E-state index contributed by atoms with van der Waals surface area (Å²) in [7, 11) is -2.50. The van der Waals surface area contributed by atoms with Gasteiger partial charge in [0.05, 0.1) is 24.3 Å². The first-order chi connectivity index (χ1) is 16.4. The normalized spacial score (nSPS) is 25.0. The third-order valence-electron chi connectivity index (χ3n) is 8.12. The molecule has 1 atom stereocenters. The number of benzene rings is 1. The Labute approximate surface area is 200 Å². The standard InChI is InChI=1S/C25H30F2N4O2S/c26-25(27)14-20-21(34(25)33)22(30-24(15-32)9-2-10-24)29-23(28-20)31-11-7-17(8-12-31)19-6-5-16-3-1-4-18(16)13-19/h5-6,13,17,32H,1-4,7-12,14-15H2,(H,28,29,30). The molecule has 2 aromatic rings. The van der Waals surface area contributed by atoms with Gasteiger partial charge in [0.15, 0.2) is 0 Å². The summed E-state index contributed by atoms with van der Waals surface area (Å²) in [6.07, 6.45) is 7.25. The van der Waals surface area contributed by atoms with Crippen LogP contribution in [0.4, 0.5) is 20.5 Å². The molecule has 1 saturated heterocycles. The maximum absolute atomic E-state index is 14.4. The Hall–Kier alpha value is -2.13. The summed E-state index contributed by atoms with van der Waals surface area (Å²) in [4.78, 5) is 11.1. The average Bonchev–Trinajstić information content (AvgIpc) is 3.37. The molecule has 1 saturated carbocycles. The third kappa shape index (κ3) is 3.71. The molecule has 0 radical (unpaired) electrons. The summed E-state index contributed by atoms with van der Waals surface area (Å²) in [5.74, 6) is 1.08. The van der Waals surface area contributed by atoms with Gasteiger partial charge < -0.3 is 15.3 Å². The first kappa shape index (κ1) is 22.3. The topological polar surface area (TPSA) is 78.4 Å². The number of nitrogens with zero attached hydrogens (tertiary/aromatic N) is 3. The highest BCUT2D eigenvalue weighted by Crippen LogP contribution is 2.44. The van der Waals surface area contributed by atoms with Crippen LogP contribution in [0, 0.1) is 0 Å². The van der Waals surface area contributed by atoms with Gasteiger partial charge in [-0.05, 0) is 74.0 Å². The van der Waals surface area contributed by atoms with Crippen molar-refractivity contribution in [1.82, 2.24) is 9.97 Å². The minimum absolute atomic E-state index is 0.00139. The van der Waals surface area contributed by atoms with Crippen molar-refractivity contribution in [2.24, 2.45) is 0 Å². The van der Waals surface area contributed by atoms with Crippen molar-refractivity contribution in [1.29, 1.82) is 0 Å². The smallest absolute Gasteiger partial charge is 0.331 e. The first-order valence-corrected chi connectivity index (χ1v) is 13.5. The molecule has 6 rings (SSSR count). The zero-order chi connectivity index (χ0) is 23.5. The Morgan fingerprint density at radius 2 is 1.88 bits per heavy atom. The van der Waals surface area contributed by atoms with E-state index in [0.717, 1.165) is 45.2 Å². The maximum Gasteiger partial charge on any atom is 0.331 e. The second kappa shape index (κ2) is 8.22. The largest absolute Gasteiger partial charge is 0.394 e. The van der Waals surface area contributed by atoms with Gasteiger partial charge in [-0.2, -0.15) is 13.8 Å². The van der Waals surface area contributed by atoms with E-state index in [1.54, 1.807) is 0 Å². The molecule has 4 aliphatic rings. The quantitative estimate of drug-likeness (QED) is 0.664. The second-order valence-electron chi connectivity index (χ2n) is 10.3. The molecule has 9 heteroatoms. The molecule has 2 aliphatic heterocycles. The number of nitrogens with one attached hydrogen (secondary N) is 1. The van der Waals surface area contributed by atoms with E-state index >= 15 is 0 Å². The van der Waals surface area contributed by atoms with Crippen LogP contribution in [0.1, 0.15) is 66.8 Å². The van der Waals surface area contributed by atoms with Gasteiger partial charge in [0, 0.05) is 13.1 Å². The molecule has 34 heavy (non-hydrogen) atoms. The summed E-state index contributed by atoms with van der Waals surface area (Å²) < 4.78 is 41.3. The fourth-order valence-corrected chi connectivity index (χ4v) is 7.04. The number of aryl methyl sites for hydroxylation is 2. The van der Waals surface area contributed by atoms with Crippen molar-refractivity contribution in [3.8, 4) is 0 Å². The van der Waals surface area contributed by atoms with Crippen molar-refractivity contribution in [3.63, 3.8) is 0 Å². The monoisotopic (exact) mass is 488 g/mol. The zero-order valence-corrected chi connectivity index (χ0v) is 20.0. The Morgan fingerprint density at radius 1 is 1.12 bits per heavy atom. The van der Waals surface area contributed by atoms with Crippen LogP contribution < -0.4 is 10.2 Å². The van der Waals surface area contributed by atoms with Gasteiger partial charge in [-0.25, -0.2) is 9.19 Å². The Morgan fingerprint density at radius 3 is 2.59 bits per heavy atom. The molecular weight excluding hydrogens is 458 g/mol. The molecule has 6 nitrogen and oxygen atoms in total. The van der Waals surface area contributed by atoms with E-state index in [1.807, 2.05) is 0 Å². The van der Waals surface area contributed by atoms with E-state index < -0.39 is 28.0 Å². The number of hydrogen-bond donors (Lipinski definition) is 2. The summed E-state index contributed by atoms with van der Waals surface area (Å²) in [5, 5.41) is 9.73. The highest BCUT2D eigenvalue weighted by molar-refractivity contribution is 7.86. The van der Waals surface area contributed by atoms with Crippen molar-refractivity contribution in [2.75, 3.05) is 29.9 Å². The number of alkyl halides is 2. The lowest BCUT2D eigenvalue weighted by Crippen LogP contribution is -2.49. The van der Waals surface area contributed by atoms with E-state index in [-0.39, 0.29) is 23.0 Å². The third-order valence-corrected chi connectivity index (χ3v) is 9.61. The molecule has 1 aromatic carbocycles. The molecule has 1 aromatic heterocycles. The summed E-state index contributed by atoms with van der Waals surface area (Å²) in [5.41, 5.74) is 3.93. The van der Waals surface area contributed by atoms with E-state index in [4.69, 9.17) is 0 Å². The minimum atomic E-state index is -3.35. The van der Waals surface area contributed by atoms with Crippen LogP contribution in [0.25, 0.3) is 0 Å². The van der Waals surface area contributed by atoms with Crippen molar-refractivity contribution in [3.05, 3.63) is 40.6 Å². The van der Waals surface area contributed by atoms with Crippen LogP contribution in [0.5, 0.6) is 0 Å². The number of rotatable bonds is 5. The number of anilines is 2. The summed E-state index contributed by atoms with van der Waals surface area (Å²) >= 11 is 0. The number of hydrogen-bond acceptors (Lipinski definition) is 6. The Kier molecular flexibility index (Phi) is 5.40. The SMILES string of the molecule is O=S1c2c(nc(N3CCC(c4ccc5c(c4)CCC5)CC3)nc2NC2(CO)CCC2)CC1(F)F. The number of piperidine rings is 1. The van der Waals surface area contributed by atoms with Crippen molar-refractivity contribution in [2.45, 2.75) is 79.4 Å². The number of aliphatic hydroxyl groups is 1. The highest BCUT2D eigenvalue weighted by Gasteiger charge is 2.50. The predicted octanol–water partition coefficient (Wildman–Crippen LogP) is 3.93. The van der Waals surface area contributed by atoms with E-state index in [1.165, 1.54) is 36.0 Å². The molecule has 0 spiro atoms. The fraction of sp³-hybridized carbons (Fsp3) is 0.600. The van der Waals surface area contributed by atoms with Gasteiger partial charge in [-0.15, -0.1) is 0 Å². The first-order valence-electron chi connectivity index (χ1n) is 12.3. The highest BCUT2D eigenvalue weighted by atomic mass is 32.2. The Bertz CT molecular complexity index is 1140. The maximum atomic E-state index is 14.4. The van der Waals surface area contributed by atoms with Gasteiger partial charge in [0.2, 0.25) is 5.95 Å². The summed E-state index contributed by atoms with van der Waals surface area (Å²) in [6, 6.07) is 6.92. The minimum Gasteiger partial charge on any atom is -0.394 e. The fourth-order valence-electron chi connectivity index (χ4n) is 5.87. The van der Waals surface area contributed by atoms with Crippen LogP contribution in [0.2, 0.25) is 0 Å². The lowest BCUT2D eigenvalue weighted by molar-refractivity contribution is 0.104. The second-order valence-corrected chi connectivity index (χ2v) is 11.8. The van der Waals surface area contributed by atoms with Gasteiger partial charge >= 0.3 is 5.25 Å². The lowest BCUT2D eigenvalue weighted by Gasteiger charge is -2.42. The molecule has 0 amide bonds. The van der Waals surface area contributed by atoms with Crippen LogP contribution in [-0.4, -0.2) is 49.8 Å². The predicted molar refractivity (Wildman–Crippen MR) is 127 cm³/mol. The van der Waals surface area contributed by atoms with E-state index in [2.05, 4.69) is 38.4 Å². The van der Waals surface area contributed by atoms with Crippen molar-refractivity contribution >= 4 is 22.6 Å². The van der Waals surface area contributed by atoms with Gasteiger partial charge in [0.1, 0.15) is 21.5 Å². The molecule has 2 aliphatic carbocycles. The van der Waals surface area contributed by atoms with Gasteiger partial charge in [-0.1, -0.05) is 18.2 Å². The molecule has 2 fully saturated rings. The summed E-state index contributed by atoms with van der Waals surface area (Å²) in [6.45, 7) is 1.37. The number of halogens is 2. The van der Waals surface area contributed by atoms with Crippen LogP contribution in [-0.2, 0) is 30.1 Å². The van der Waals surface area contributed by atoms with Crippen molar-refractivity contribution < 1.29 is 18.1 Å². The van der Waals surface area contributed by atoms with Crippen LogP contribution in [0.15, 0.2) is 23.1 Å². The Balaban J connectivity index is 1.25. The number of aromatic nitrogens is 2. The number of aliphatic hydroxyl groups excluding tert-OH is 1. The molecule has 182 valence electrons. The van der Waals surface area contributed by atoms with E-state index in [9.17, 15) is 18.1 Å². The van der Waals surface area contributed by atoms with Crippen LogP contribution >= 0.6 is 0 Å². The van der Waals surface area contributed by atoms with Gasteiger partial charge in [-0.3, -0.25) is 0 Å². The van der Waals surface area contributed by atoms with Gasteiger partial charge in [0.25, 0.3) is 0 Å². The lowest BCUT2D eigenvalue weighted by atomic mass is 9.77. The number of fused-ring (bicyclic) bond motifs is 2. The molecule has 3 heterocycles. The van der Waals surface area contributed by atoms with E-state index in [0.29, 0.717) is 11.9 Å². The average molecular weight is 489 g/mol. The molecule has 1 unspecified atom stereocenters. The molecular formula is C25H30F2N4O2S. The van der Waals surface area contributed by atoms with Crippen LogP contribution in [0.3, 0.4) is 0 Å². The molecule has 2 N–H and O–H groups in total.